The summed E-state index contributed by atoms with van der Waals surface area (Å²) in [6.07, 6.45) is 2.83. The SMILES string of the molecule is COCCN(CCNC(C)C1CCCO1)CC(C)C. The van der Waals surface area contributed by atoms with Crippen molar-refractivity contribution in [3.8, 4) is 0 Å². The van der Waals surface area contributed by atoms with Crippen molar-refractivity contribution in [1.82, 2.24) is 10.2 Å². The third kappa shape index (κ3) is 7.25. The molecule has 114 valence electrons. The monoisotopic (exact) mass is 272 g/mol. The lowest BCUT2D eigenvalue weighted by Crippen LogP contribution is -2.42. The van der Waals surface area contributed by atoms with Gasteiger partial charge in [-0.15, -0.1) is 0 Å². The van der Waals surface area contributed by atoms with Crippen LogP contribution in [0.1, 0.15) is 33.6 Å². The van der Waals surface area contributed by atoms with E-state index < -0.39 is 0 Å². The fraction of sp³-hybridized carbons (Fsp3) is 1.00. The van der Waals surface area contributed by atoms with Gasteiger partial charge in [-0.25, -0.2) is 0 Å². The molecule has 4 nitrogen and oxygen atoms in total. The molecule has 0 aromatic carbocycles. The number of rotatable bonds is 10. The lowest BCUT2D eigenvalue weighted by Gasteiger charge is -2.26. The molecule has 0 radical (unpaired) electrons. The highest BCUT2D eigenvalue weighted by Gasteiger charge is 2.21. The zero-order chi connectivity index (χ0) is 14.1. The smallest absolute Gasteiger partial charge is 0.0726 e. The van der Waals surface area contributed by atoms with Crippen molar-refractivity contribution in [3.05, 3.63) is 0 Å². The van der Waals surface area contributed by atoms with Gasteiger partial charge in [-0.3, -0.25) is 4.90 Å². The van der Waals surface area contributed by atoms with Gasteiger partial charge in [0, 0.05) is 45.9 Å². The zero-order valence-electron chi connectivity index (χ0n) is 13.2. The standard InChI is InChI=1S/C15H32N2O2/c1-13(2)12-17(9-11-18-4)8-7-16-14(3)15-6-5-10-19-15/h13-16H,5-12H2,1-4H3. The highest BCUT2D eigenvalue weighted by atomic mass is 16.5. The van der Waals surface area contributed by atoms with Crippen LogP contribution in [0.5, 0.6) is 0 Å². The number of hydrogen-bond donors (Lipinski definition) is 1. The van der Waals surface area contributed by atoms with Gasteiger partial charge >= 0.3 is 0 Å². The van der Waals surface area contributed by atoms with Crippen LogP contribution in [0.25, 0.3) is 0 Å². The Hall–Kier alpha value is -0.160. The molecular weight excluding hydrogens is 240 g/mol. The van der Waals surface area contributed by atoms with Crippen molar-refractivity contribution in [1.29, 1.82) is 0 Å². The lowest BCUT2D eigenvalue weighted by atomic mass is 10.1. The molecule has 1 N–H and O–H groups in total. The summed E-state index contributed by atoms with van der Waals surface area (Å²) >= 11 is 0. The molecule has 1 heterocycles. The first-order chi connectivity index (χ1) is 9.13. The Kier molecular flexibility index (Phi) is 8.62. The predicted molar refractivity (Wildman–Crippen MR) is 79.6 cm³/mol. The van der Waals surface area contributed by atoms with Crippen molar-refractivity contribution in [3.63, 3.8) is 0 Å². The Labute approximate surface area is 118 Å². The molecule has 4 heteroatoms. The van der Waals surface area contributed by atoms with Crippen molar-refractivity contribution >= 4 is 0 Å². The second kappa shape index (κ2) is 9.70. The molecule has 1 fully saturated rings. The third-order valence-corrected chi connectivity index (χ3v) is 3.65. The fourth-order valence-corrected chi connectivity index (χ4v) is 2.61. The molecular formula is C15H32N2O2. The van der Waals surface area contributed by atoms with E-state index in [9.17, 15) is 0 Å². The maximum atomic E-state index is 5.71. The first-order valence-electron chi connectivity index (χ1n) is 7.69. The normalized spacial score (nSPS) is 21.5. The van der Waals surface area contributed by atoms with Gasteiger partial charge in [-0.2, -0.15) is 0 Å². The number of hydrogen-bond acceptors (Lipinski definition) is 4. The van der Waals surface area contributed by atoms with Crippen LogP contribution < -0.4 is 5.32 Å². The molecule has 0 saturated carbocycles. The van der Waals surface area contributed by atoms with Gasteiger partial charge in [-0.05, 0) is 25.7 Å². The maximum absolute atomic E-state index is 5.71. The van der Waals surface area contributed by atoms with Gasteiger partial charge in [0.05, 0.1) is 12.7 Å². The van der Waals surface area contributed by atoms with Crippen molar-refractivity contribution in [2.24, 2.45) is 5.92 Å². The van der Waals surface area contributed by atoms with E-state index in [2.05, 4.69) is 31.0 Å². The molecule has 1 aliphatic rings. The highest BCUT2D eigenvalue weighted by Crippen LogP contribution is 2.15. The number of nitrogens with one attached hydrogen (secondary N) is 1. The van der Waals surface area contributed by atoms with Crippen LogP contribution in [0.4, 0.5) is 0 Å². The summed E-state index contributed by atoms with van der Waals surface area (Å²) < 4.78 is 10.9. The zero-order valence-corrected chi connectivity index (χ0v) is 13.2. The minimum Gasteiger partial charge on any atom is -0.383 e. The Morgan fingerprint density at radius 1 is 1.32 bits per heavy atom. The van der Waals surface area contributed by atoms with E-state index >= 15 is 0 Å². The summed E-state index contributed by atoms with van der Waals surface area (Å²) in [6, 6.07) is 0.464. The first-order valence-corrected chi connectivity index (χ1v) is 7.69. The van der Waals surface area contributed by atoms with E-state index in [1.54, 1.807) is 7.11 Å². The maximum Gasteiger partial charge on any atom is 0.0726 e. The largest absolute Gasteiger partial charge is 0.383 e. The Morgan fingerprint density at radius 2 is 2.11 bits per heavy atom. The van der Waals surface area contributed by atoms with Gasteiger partial charge < -0.3 is 14.8 Å². The summed E-state index contributed by atoms with van der Waals surface area (Å²) in [5.74, 6) is 0.701. The van der Waals surface area contributed by atoms with E-state index in [4.69, 9.17) is 9.47 Å². The number of nitrogens with zero attached hydrogens (tertiary/aromatic N) is 1. The molecule has 0 aromatic rings. The molecule has 1 aliphatic heterocycles. The van der Waals surface area contributed by atoms with Gasteiger partial charge in [0.1, 0.15) is 0 Å². The molecule has 0 bridgehead atoms. The predicted octanol–water partition coefficient (Wildman–Crippen LogP) is 1.75. The molecule has 0 spiro atoms. The molecule has 0 aliphatic carbocycles. The van der Waals surface area contributed by atoms with Crippen LogP contribution in [-0.2, 0) is 9.47 Å². The van der Waals surface area contributed by atoms with E-state index in [-0.39, 0.29) is 0 Å². The second-order valence-corrected chi connectivity index (χ2v) is 5.98. The molecule has 2 unspecified atom stereocenters. The molecule has 0 amide bonds. The van der Waals surface area contributed by atoms with Crippen molar-refractivity contribution in [2.75, 3.05) is 46.5 Å². The van der Waals surface area contributed by atoms with Crippen LogP contribution in [-0.4, -0.2) is 63.5 Å². The molecule has 1 rings (SSSR count). The lowest BCUT2D eigenvalue weighted by molar-refractivity contribution is 0.0814. The van der Waals surface area contributed by atoms with E-state index in [1.807, 2.05) is 0 Å². The Morgan fingerprint density at radius 3 is 2.68 bits per heavy atom. The molecule has 2 atom stereocenters. The van der Waals surface area contributed by atoms with Crippen LogP contribution >= 0.6 is 0 Å². The van der Waals surface area contributed by atoms with Gasteiger partial charge in [-0.1, -0.05) is 13.8 Å². The van der Waals surface area contributed by atoms with Crippen LogP contribution in [0.3, 0.4) is 0 Å². The fourth-order valence-electron chi connectivity index (χ4n) is 2.61. The third-order valence-electron chi connectivity index (χ3n) is 3.65. The van der Waals surface area contributed by atoms with Crippen LogP contribution in [0.2, 0.25) is 0 Å². The minimum atomic E-state index is 0.414. The molecule has 1 saturated heterocycles. The minimum absolute atomic E-state index is 0.414. The average Bonchev–Trinajstić information content (AvgIpc) is 2.88. The number of methoxy groups -OCH3 is 1. The van der Waals surface area contributed by atoms with Crippen molar-refractivity contribution < 1.29 is 9.47 Å². The second-order valence-electron chi connectivity index (χ2n) is 5.98. The van der Waals surface area contributed by atoms with Crippen molar-refractivity contribution in [2.45, 2.75) is 45.8 Å². The van der Waals surface area contributed by atoms with Crippen LogP contribution in [0, 0.1) is 5.92 Å². The average molecular weight is 272 g/mol. The van der Waals surface area contributed by atoms with Gasteiger partial charge in [0.2, 0.25) is 0 Å². The quantitative estimate of drug-likeness (QED) is 0.657. The van der Waals surface area contributed by atoms with Gasteiger partial charge in [0.25, 0.3) is 0 Å². The molecule has 0 aromatic heterocycles. The van der Waals surface area contributed by atoms with E-state index in [0.29, 0.717) is 18.1 Å². The van der Waals surface area contributed by atoms with Gasteiger partial charge in [0.15, 0.2) is 0 Å². The Balaban J connectivity index is 2.18. The Bertz CT molecular complexity index is 218. The summed E-state index contributed by atoms with van der Waals surface area (Å²) in [5, 5.41) is 3.60. The highest BCUT2D eigenvalue weighted by molar-refractivity contribution is 4.77. The van der Waals surface area contributed by atoms with E-state index in [0.717, 1.165) is 39.4 Å². The summed E-state index contributed by atoms with van der Waals surface area (Å²) in [5.41, 5.74) is 0. The van der Waals surface area contributed by atoms with E-state index in [1.165, 1.54) is 12.8 Å². The number of ether oxygens (including phenoxy) is 2. The first kappa shape index (κ1) is 16.9. The summed E-state index contributed by atoms with van der Waals surface area (Å²) in [6.45, 7) is 12.8. The topological polar surface area (TPSA) is 33.7 Å². The van der Waals surface area contributed by atoms with Crippen LogP contribution in [0.15, 0.2) is 0 Å². The molecule has 19 heavy (non-hydrogen) atoms. The summed E-state index contributed by atoms with van der Waals surface area (Å²) in [7, 11) is 1.77. The summed E-state index contributed by atoms with van der Waals surface area (Å²) in [4.78, 5) is 2.48.